The molecule has 1 aliphatic carbocycles. The Hall–Kier alpha value is -3.15. The van der Waals surface area contributed by atoms with Gasteiger partial charge in [0.05, 0.1) is 10.6 Å². The molecule has 0 radical (unpaired) electrons. The van der Waals surface area contributed by atoms with Gasteiger partial charge in [-0.1, -0.05) is 77.8 Å². The van der Waals surface area contributed by atoms with Crippen molar-refractivity contribution in [1.82, 2.24) is 0 Å². The molecule has 0 saturated carbocycles. The zero-order valence-corrected chi connectivity index (χ0v) is 18.3. The number of aliphatic hydroxyl groups is 1. The number of fused-ring (bicyclic) bond motifs is 1. The predicted octanol–water partition coefficient (Wildman–Crippen LogP) is 6.91. The van der Waals surface area contributed by atoms with E-state index in [0.717, 1.165) is 5.56 Å². The smallest absolute Gasteiger partial charge is 0.195 e. The fraction of sp³-hybridized carbons (Fsp3) is 0.160. The van der Waals surface area contributed by atoms with Crippen LogP contribution < -0.4 is 0 Å². The number of nitrogens with zero attached hydrogens (tertiary/aromatic N) is 2. The SMILES string of the molecule is O=C1C(C2CC(c3ccccc3)C(c3cc(Cl)cc(Cl)c3O)N=N2)=C(O)c2ccccc21. The Labute approximate surface area is 194 Å². The minimum atomic E-state index is -0.617. The van der Waals surface area contributed by atoms with Crippen LogP contribution in [0, 0.1) is 0 Å². The van der Waals surface area contributed by atoms with Crippen molar-refractivity contribution >= 4 is 34.7 Å². The van der Waals surface area contributed by atoms with E-state index in [9.17, 15) is 15.0 Å². The Morgan fingerprint density at radius 2 is 1.56 bits per heavy atom. The standard InChI is InChI=1S/C25H18Cl2N2O3/c26-14-10-18(23(30)19(27)11-14)22-17(13-6-2-1-3-7-13)12-20(28-29-22)21-24(31)15-8-4-5-9-16(15)25(21)32/h1-11,17,20,22,30-31H,12H2. The van der Waals surface area contributed by atoms with E-state index in [-0.39, 0.29) is 33.8 Å². The van der Waals surface area contributed by atoms with Gasteiger partial charge in [0, 0.05) is 27.6 Å². The molecule has 0 saturated heterocycles. The lowest BCUT2D eigenvalue weighted by Crippen LogP contribution is -2.25. The summed E-state index contributed by atoms with van der Waals surface area (Å²) >= 11 is 12.4. The van der Waals surface area contributed by atoms with Gasteiger partial charge in [0.2, 0.25) is 0 Å². The fourth-order valence-corrected chi connectivity index (χ4v) is 5.04. The van der Waals surface area contributed by atoms with Crippen LogP contribution in [0.2, 0.25) is 10.0 Å². The number of ketones is 1. The quantitative estimate of drug-likeness (QED) is 0.441. The largest absolute Gasteiger partial charge is 0.507 e. The summed E-state index contributed by atoms with van der Waals surface area (Å²) in [6, 6.07) is 18.6. The first-order valence-corrected chi connectivity index (χ1v) is 10.9. The molecule has 0 fully saturated rings. The molecule has 7 heteroatoms. The number of carbonyl (C=O) groups is 1. The third-order valence-corrected chi connectivity index (χ3v) is 6.56. The molecule has 5 rings (SSSR count). The summed E-state index contributed by atoms with van der Waals surface area (Å²) in [5, 5.41) is 30.9. The Bertz CT molecular complexity index is 1290. The van der Waals surface area contributed by atoms with Crippen LogP contribution in [0.4, 0.5) is 0 Å². The summed E-state index contributed by atoms with van der Waals surface area (Å²) in [5.41, 5.74) is 2.67. The van der Waals surface area contributed by atoms with Crippen LogP contribution in [0.1, 0.15) is 45.4 Å². The van der Waals surface area contributed by atoms with Crippen LogP contribution in [-0.4, -0.2) is 22.0 Å². The van der Waals surface area contributed by atoms with Gasteiger partial charge in [-0.15, -0.1) is 0 Å². The fourth-order valence-electron chi connectivity index (χ4n) is 4.53. The van der Waals surface area contributed by atoms with Crippen molar-refractivity contribution in [1.29, 1.82) is 0 Å². The molecule has 0 bridgehead atoms. The Balaban J connectivity index is 1.60. The summed E-state index contributed by atoms with van der Waals surface area (Å²) in [6.07, 6.45) is 0.418. The van der Waals surface area contributed by atoms with Crippen molar-refractivity contribution in [3.8, 4) is 5.75 Å². The predicted molar refractivity (Wildman–Crippen MR) is 124 cm³/mol. The second-order valence-corrected chi connectivity index (χ2v) is 8.75. The van der Waals surface area contributed by atoms with Gasteiger partial charge in [-0.3, -0.25) is 4.79 Å². The number of azo groups is 1. The highest BCUT2D eigenvalue weighted by molar-refractivity contribution is 6.35. The van der Waals surface area contributed by atoms with Gasteiger partial charge >= 0.3 is 0 Å². The summed E-state index contributed by atoms with van der Waals surface area (Å²) in [5.74, 6) is -0.601. The maximum absolute atomic E-state index is 13.1. The van der Waals surface area contributed by atoms with Crippen LogP contribution in [0.3, 0.4) is 0 Å². The molecule has 1 aliphatic heterocycles. The highest BCUT2D eigenvalue weighted by Crippen LogP contribution is 2.49. The first kappa shape index (κ1) is 20.7. The van der Waals surface area contributed by atoms with E-state index in [0.29, 0.717) is 28.1 Å². The van der Waals surface area contributed by atoms with Crippen molar-refractivity contribution in [2.75, 3.05) is 0 Å². The van der Waals surface area contributed by atoms with Crippen molar-refractivity contribution in [3.05, 3.63) is 105 Å². The number of Topliss-reactive ketones (excluding diaryl/α,β-unsaturated/α-hetero) is 1. The lowest BCUT2D eigenvalue weighted by molar-refractivity contribution is 0.102. The first-order valence-electron chi connectivity index (χ1n) is 10.2. The zero-order chi connectivity index (χ0) is 22.4. The molecule has 160 valence electrons. The van der Waals surface area contributed by atoms with E-state index in [4.69, 9.17) is 23.2 Å². The normalized spacial score (nSPS) is 22.3. The second-order valence-electron chi connectivity index (χ2n) is 7.91. The number of phenolic OH excluding ortho intramolecular Hbond substituents is 1. The van der Waals surface area contributed by atoms with Crippen LogP contribution in [0.25, 0.3) is 5.76 Å². The van der Waals surface area contributed by atoms with Gasteiger partial charge in [0.25, 0.3) is 0 Å². The van der Waals surface area contributed by atoms with E-state index < -0.39 is 12.1 Å². The molecule has 0 aromatic heterocycles. The van der Waals surface area contributed by atoms with Gasteiger partial charge in [-0.2, -0.15) is 10.2 Å². The number of rotatable bonds is 3. The van der Waals surface area contributed by atoms with Gasteiger partial charge in [0.1, 0.15) is 23.6 Å². The van der Waals surface area contributed by atoms with Crippen molar-refractivity contribution in [2.24, 2.45) is 10.2 Å². The lowest BCUT2D eigenvalue weighted by Gasteiger charge is -2.31. The monoisotopic (exact) mass is 464 g/mol. The molecule has 2 aliphatic rings. The van der Waals surface area contributed by atoms with Crippen molar-refractivity contribution < 1.29 is 15.0 Å². The highest BCUT2D eigenvalue weighted by Gasteiger charge is 2.40. The topological polar surface area (TPSA) is 82.2 Å². The van der Waals surface area contributed by atoms with Gasteiger partial charge in [-0.25, -0.2) is 0 Å². The number of phenols is 1. The summed E-state index contributed by atoms with van der Waals surface area (Å²) in [4.78, 5) is 13.1. The zero-order valence-electron chi connectivity index (χ0n) is 16.7. The number of hydrogen-bond acceptors (Lipinski definition) is 5. The van der Waals surface area contributed by atoms with E-state index in [1.165, 1.54) is 6.07 Å². The third-order valence-electron chi connectivity index (χ3n) is 6.05. The number of halogens is 2. The van der Waals surface area contributed by atoms with Gasteiger partial charge in [0.15, 0.2) is 5.78 Å². The molecule has 5 nitrogen and oxygen atoms in total. The van der Waals surface area contributed by atoms with Crippen LogP contribution in [-0.2, 0) is 0 Å². The second kappa shape index (κ2) is 8.08. The van der Waals surface area contributed by atoms with E-state index in [1.807, 2.05) is 30.3 Å². The highest BCUT2D eigenvalue weighted by atomic mass is 35.5. The molecule has 3 aromatic rings. The van der Waals surface area contributed by atoms with Crippen LogP contribution in [0.5, 0.6) is 5.75 Å². The number of aliphatic hydroxyl groups excluding tert-OH is 1. The van der Waals surface area contributed by atoms with Gasteiger partial charge in [-0.05, 0) is 24.1 Å². The number of carbonyl (C=O) groups excluding carboxylic acids is 1. The minimum Gasteiger partial charge on any atom is -0.507 e. The van der Waals surface area contributed by atoms with E-state index >= 15 is 0 Å². The first-order chi connectivity index (χ1) is 15.5. The Kier molecular flexibility index (Phi) is 5.24. The summed E-state index contributed by atoms with van der Waals surface area (Å²) in [7, 11) is 0. The molecule has 3 unspecified atom stereocenters. The molecule has 0 spiro atoms. The molecule has 32 heavy (non-hydrogen) atoms. The molecule has 2 N–H and O–H groups in total. The minimum absolute atomic E-state index is 0.0477. The third kappa shape index (κ3) is 3.38. The van der Waals surface area contributed by atoms with E-state index in [2.05, 4.69) is 10.2 Å². The molecule has 0 amide bonds. The number of aromatic hydroxyl groups is 1. The molecule has 1 heterocycles. The summed E-state index contributed by atoms with van der Waals surface area (Å²) in [6.45, 7) is 0. The summed E-state index contributed by atoms with van der Waals surface area (Å²) < 4.78 is 0. The Morgan fingerprint density at radius 1 is 0.875 bits per heavy atom. The number of benzene rings is 3. The van der Waals surface area contributed by atoms with Crippen LogP contribution >= 0.6 is 23.2 Å². The maximum Gasteiger partial charge on any atom is 0.195 e. The average Bonchev–Trinajstić information content (AvgIpc) is 3.07. The van der Waals surface area contributed by atoms with E-state index in [1.54, 1.807) is 30.3 Å². The molecular weight excluding hydrogens is 447 g/mol. The maximum atomic E-state index is 13.1. The van der Waals surface area contributed by atoms with Crippen LogP contribution in [0.15, 0.2) is 82.5 Å². The number of hydrogen-bond donors (Lipinski definition) is 2. The molecular formula is C25H18Cl2N2O3. The van der Waals surface area contributed by atoms with Crippen molar-refractivity contribution in [2.45, 2.75) is 24.4 Å². The molecule has 3 atom stereocenters. The molecule has 3 aromatic carbocycles. The van der Waals surface area contributed by atoms with Crippen molar-refractivity contribution in [3.63, 3.8) is 0 Å². The van der Waals surface area contributed by atoms with Gasteiger partial charge < -0.3 is 10.2 Å². The lowest BCUT2D eigenvalue weighted by atomic mass is 9.80. The Morgan fingerprint density at radius 3 is 2.28 bits per heavy atom. The average molecular weight is 465 g/mol.